The molecule has 10 N–H and O–H groups in total. The number of rotatable bonds is 30. The molecule has 0 aliphatic carbocycles. The molecule has 4 bridgehead atoms. The summed E-state index contributed by atoms with van der Waals surface area (Å²) >= 11 is 0. The van der Waals surface area contributed by atoms with Crippen molar-refractivity contribution >= 4 is 23.9 Å². The number of hydrogen-bond donors (Lipinski definition) is 10. The molecule has 0 saturated carbocycles. The summed E-state index contributed by atoms with van der Waals surface area (Å²) in [5.74, 6) is -7.29. The van der Waals surface area contributed by atoms with Gasteiger partial charge in [0.15, 0.2) is 37.0 Å². The third-order valence-electron chi connectivity index (χ3n) is 27.2. The van der Waals surface area contributed by atoms with Gasteiger partial charge in [-0.05, 0) is 129 Å². The molecule has 4 saturated heterocycles. The van der Waals surface area contributed by atoms with Crippen LogP contribution in [0.5, 0.6) is 0 Å². The van der Waals surface area contributed by atoms with E-state index in [0.29, 0.717) is 62.5 Å². The third-order valence-corrected chi connectivity index (χ3v) is 27.2. The Morgan fingerprint density at radius 3 is 1.14 bits per heavy atom. The van der Waals surface area contributed by atoms with E-state index in [1.54, 1.807) is 67.9 Å². The summed E-state index contributed by atoms with van der Waals surface area (Å²) in [5, 5.41) is 113. The van der Waals surface area contributed by atoms with Gasteiger partial charge in [-0.15, -0.1) is 0 Å². The predicted molar refractivity (Wildman–Crippen MR) is 475 cm³/mol. The van der Waals surface area contributed by atoms with Gasteiger partial charge in [0.25, 0.3) is 0 Å². The van der Waals surface area contributed by atoms with Gasteiger partial charge in [0.2, 0.25) is 0 Å². The van der Waals surface area contributed by atoms with Crippen molar-refractivity contribution in [2.75, 3.05) is 83.3 Å². The summed E-state index contributed by atoms with van der Waals surface area (Å²) < 4.78 is 123. The summed E-state index contributed by atoms with van der Waals surface area (Å²) in [6, 6.07) is 0. The summed E-state index contributed by atoms with van der Waals surface area (Å²) in [4.78, 5) is 55.3. The molecule has 7 aliphatic rings. The Hall–Kier alpha value is -4.72. The van der Waals surface area contributed by atoms with Crippen LogP contribution in [0.4, 0.5) is 0 Å². The Kier molecular flexibility index (Phi) is 49.6. The largest absolute Gasteiger partial charge is 0.459 e. The molecule has 0 radical (unpaired) electrons. The molecule has 38 atom stereocenters. The van der Waals surface area contributed by atoms with Crippen LogP contribution in [0, 0.1) is 35.5 Å². The van der Waals surface area contributed by atoms with E-state index >= 15 is 0 Å². The molecule has 7 aliphatic heterocycles. The zero-order valence-corrected chi connectivity index (χ0v) is 80.0. The van der Waals surface area contributed by atoms with E-state index in [1.165, 1.54) is 54.8 Å². The predicted octanol–water partition coefficient (Wildman–Crippen LogP) is 6.97. The first-order chi connectivity index (χ1) is 62.0. The first kappa shape index (κ1) is 112. The second-order valence-electron chi connectivity index (χ2n) is 37.2. The van der Waals surface area contributed by atoms with Gasteiger partial charge in [-0.25, -0.2) is 19.2 Å². The average molecular weight is 1860 g/mol. The number of cyclic esters (lactones) is 2. The Labute approximate surface area is 769 Å². The van der Waals surface area contributed by atoms with Crippen molar-refractivity contribution in [1.29, 1.82) is 0 Å². The molecule has 0 amide bonds. The fraction of sp³-hybridized carbons (Fsp3) is 0.833. The van der Waals surface area contributed by atoms with E-state index in [9.17, 15) is 70.2 Å². The number of aliphatic hydroxyl groups is 10. The van der Waals surface area contributed by atoms with Crippen LogP contribution in [0.2, 0.25) is 0 Å². The highest BCUT2D eigenvalue weighted by molar-refractivity contribution is 5.83. The second-order valence-corrected chi connectivity index (χ2v) is 37.2. The van der Waals surface area contributed by atoms with Gasteiger partial charge in [-0.1, -0.05) is 101 Å². The highest BCUT2D eigenvalue weighted by atomic mass is 16.7. The number of methoxy groups -OCH3 is 8. The molecule has 0 aromatic rings. The average Bonchev–Trinajstić information content (AvgIpc) is 0.816. The topological polar surface area (TPSA) is 455 Å². The molecule has 748 valence electrons. The summed E-state index contributed by atoms with van der Waals surface area (Å²) in [6.07, 6.45) is -3.68. The minimum Gasteiger partial charge on any atom is -0.459 e. The molecule has 0 spiro atoms. The van der Waals surface area contributed by atoms with Gasteiger partial charge in [-0.3, -0.25) is 0 Å². The maximum atomic E-state index is 14.4. The molecule has 0 unspecified atom stereocenters. The lowest BCUT2D eigenvalue weighted by molar-refractivity contribution is -0.296. The normalized spacial score (nSPS) is 38.7. The summed E-state index contributed by atoms with van der Waals surface area (Å²) in [6.45, 7) is 16.5. The Bertz CT molecular complexity index is 3230. The molecule has 34 heteroatoms. The van der Waals surface area contributed by atoms with E-state index in [2.05, 4.69) is 0 Å². The van der Waals surface area contributed by atoms with Crippen LogP contribution in [0.15, 0.2) is 71.9 Å². The molecule has 130 heavy (non-hydrogen) atoms. The molecule has 0 aromatic carbocycles. The van der Waals surface area contributed by atoms with Crippen LogP contribution in [0.3, 0.4) is 0 Å². The van der Waals surface area contributed by atoms with Crippen LogP contribution < -0.4 is 0 Å². The number of allylic oxidation sites excluding steroid dienone is 4. The van der Waals surface area contributed by atoms with Gasteiger partial charge >= 0.3 is 23.9 Å². The van der Waals surface area contributed by atoms with Crippen molar-refractivity contribution in [3.8, 4) is 0 Å². The molecule has 7 rings (SSSR count). The van der Waals surface area contributed by atoms with Crippen LogP contribution in [-0.4, -0.2) is 354 Å². The Balaban J connectivity index is 1.23. The number of carbonyl (C=O) groups excluding carboxylic acids is 4. The fourth-order valence-electron chi connectivity index (χ4n) is 18.8. The first-order valence-corrected chi connectivity index (χ1v) is 46.9. The van der Waals surface area contributed by atoms with Crippen LogP contribution in [0.1, 0.15) is 198 Å². The zero-order valence-electron chi connectivity index (χ0n) is 80.0. The minimum atomic E-state index is -1.90. The molecular formula is C96H160O34. The quantitative estimate of drug-likeness (QED) is 0.0197. The van der Waals surface area contributed by atoms with E-state index in [1.807, 2.05) is 64.2 Å². The van der Waals surface area contributed by atoms with E-state index in [0.717, 1.165) is 12.8 Å². The van der Waals surface area contributed by atoms with E-state index in [4.69, 9.17) is 94.7 Å². The maximum absolute atomic E-state index is 14.4. The number of fused-ring (bicyclic) bond motifs is 4. The first-order valence-electron chi connectivity index (χ1n) is 46.9. The number of ether oxygens (including phenoxy) is 20. The Morgan fingerprint density at radius 1 is 0.431 bits per heavy atom. The molecular weight excluding hydrogens is 1700 g/mol. The van der Waals surface area contributed by atoms with Crippen molar-refractivity contribution in [3.05, 3.63) is 71.9 Å². The molecule has 34 nitrogen and oxygen atoms in total. The van der Waals surface area contributed by atoms with E-state index in [-0.39, 0.29) is 126 Å². The highest BCUT2D eigenvalue weighted by Gasteiger charge is 2.49. The molecule has 7 heterocycles. The van der Waals surface area contributed by atoms with Crippen molar-refractivity contribution in [2.45, 2.75) is 393 Å². The number of hydrogen-bond acceptors (Lipinski definition) is 34. The fourth-order valence-corrected chi connectivity index (χ4v) is 18.8. The van der Waals surface area contributed by atoms with Gasteiger partial charge in [-0.2, -0.15) is 0 Å². The highest BCUT2D eigenvalue weighted by Crippen LogP contribution is 2.38. The number of carbonyl (C=O) groups is 4. The molecule has 0 aromatic heterocycles. The Morgan fingerprint density at radius 2 is 0.800 bits per heavy atom. The third kappa shape index (κ3) is 35.7. The van der Waals surface area contributed by atoms with Crippen LogP contribution in [0.25, 0.3) is 0 Å². The molecule has 4 fully saturated rings. The summed E-state index contributed by atoms with van der Waals surface area (Å²) in [5.41, 5.74) is 1.14. The SMILES string of the molecule is CO[C@H]1C[C@H](CC[C@H](C)[C@H](O)[C@H](C)[C@@H]2C[C@H](O)C[C@H](O)[C@H](C)[C@@H](OC)C[C@@H]3CC=C[C@@H](C[C@@H](O[C@H]4OC[C@H](OC)[C@@H](OC)[C@@H]4OC(=O)[C@@H](O)CO)CC=C(C)/C=C/C(=O)O[C@H]([C@@H](C)[C@@H](O)[C@@H](C)CC[C@H]4C[C@H](OC)C[C@H](C)O4)C[C@H](O)C[C@H](O)[C@H](C)[C@@H](OC)C[C@@H]4CC=C[C@@H](C[C@@H](O[C@H]5OC[C@H](OC)[C@@H](OC)[C@@H]5OC(=O)[C@H](O)CO)C/C=C(C)\C=C/C(=O)O2)O4)O3)O[C@@H](C)C1. The zero-order chi connectivity index (χ0) is 95.6. The van der Waals surface area contributed by atoms with E-state index < -0.39 is 220 Å². The van der Waals surface area contributed by atoms with Crippen molar-refractivity contribution in [2.24, 2.45) is 35.5 Å². The van der Waals surface area contributed by atoms with Crippen LogP contribution >= 0.6 is 0 Å². The van der Waals surface area contributed by atoms with Gasteiger partial charge < -0.3 is 146 Å². The van der Waals surface area contributed by atoms with Crippen LogP contribution in [-0.2, 0) is 114 Å². The lowest BCUT2D eigenvalue weighted by Gasteiger charge is -2.42. The second kappa shape index (κ2) is 57.5. The van der Waals surface area contributed by atoms with Crippen molar-refractivity contribution < 1.29 is 165 Å². The van der Waals surface area contributed by atoms with Gasteiger partial charge in [0, 0.05) is 131 Å². The lowest BCUT2D eigenvalue weighted by Crippen LogP contribution is -2.58. The van der Waals surface area contributed by atoms with Gasteiger partial charge in [0.1, 0.15) is 36.6 Å². The van der Waals surface area contributed by atoms with Crippen molar-refractivity contribution in [3.63, 3.8) is 0 Å². The van der Waals surface area contributed by atoms with Gasteiger partial charge in [0.05, 0.1) is 149 Å². The lowest BCUT2D eigenvalue weighted by atomic mass is 9.83. The number of esters is 4. The maximum Gasteiger partial charge on any atom is 0.337 e. The summed E-state index contributed by atoms with van der Waals surface area (Å²) in [7, 11) is 12.1. The number of aliphatic hydroxyl groups excluding tert-OH is 10. The minimum absolute atomic E-state index is 0.0170. The smallest absolute Gasteiger partial charge is 0.337 e. The monoisotopic (exact) mass is 1860 g/mol. The standard InChI is InChI=1S/C96H160O34/c1-53-25-31-71(125-95-91(129-93(109)77(103)49-97)89(117-17)83(115-15)51-119-95)43-65-21-19-23-67(123-65)47-79(113-13)60(8)76(102)40-64(100)42-82(62(10)88(108)56(4)30-34-70-46-74(112-12)38-58(6)122-70)128-86(106)36-28-54(2)26-32-72(126-96-92(130-94(110)78(104)50-98)90(118-18)84(116-16)52-120-96)44-66-22-20-24-68(124-66)48-80(114-14)59(7)75(101)39-63(99)41-81(127-85(105)35-27-53)61(9)87(107)55(3)29-33-69-45-73(111-11)37-57(5)121-69/h19-22,25-28,35-36,55-84,87-92,95-104,107-108H,23-24,29-34,37-52H2,1-18H3/b35-27-,36-28+,53-25-,54-26?/t55-,56-,57-,58-,59-,60-,61+,62+,63+,64+,65-,66-,67-,68-,69-,70-,71-,72-,73+,74+,75-,76-,77+,78-,79-,80-,81-,82-,83-,84-,87-,88-,89+,90+,91-,92-,95+,96+/m0/s1. The van der Waals surface area contributed by atoms with Crippen molar-refractivity contribution in [1.82, 2.24) is 0 Å².